The number of halogens is 1. The van der Waals surface area contributed by atoms with Crippen LogP contribution in [0.5, 0.6) is 11.5 Å². The molecule has 1 amide bonds. The maximum atomic E-state index is 14.9. The molecule has 36 heavy (non-hydrogen) atoms. The number of benzene rings is 3. The smallest absolute Gasteiger partial charge is 0.261 e. The Morgan fingerprint density at radius 1 is 1.08 bits per heavy atom. The Morgan fingerprint density at radius 3 is 2.64 bits per heavy atom. The highest BCUT2D eigenvalue weighted by Gasteiger charge is 2.29. The zero-order valence-electron chi connectivity index (χ0n) is 19.9. The van der Waals surface area contributed by atoms with Crippen molar-refractivity contribution >= 4 is 23.1 Å². The van der Waals surface area contributed by atoms with E-state index in [-0.39, 0.29) is 11.7 Å². The van der Waals surface area contributed by atoms with E-state index in [9.17, 15) is 9.18 Å². The Balaban J connectivity index is 1.52. The Kier molecular flexibility index (Phi) is 6.40. The van der Waals surface area contributed by atoms with Gasteiger partial charge < -0.3 is 20.1 Å². The van der Waals surface area contributed by atoms with Crippen LogP contribution in [0, 0.1) is 5.82 Å². The van der Waals surface area contributed by atoms with E-state index in [4.69, 9.17) is 9.47 Å². The molecular weight excluding hydrogens is 459 g/mol. The molecule has 0 fully saturated rings. The molecule has 2 N–H and O–H groups in total. The van der Waals surface area contributed by atoms with E-state index in [0.29, 0.717) is 40.7 Å². The Labute approximate surface area is 208 Å². The lowest BCUT2D eigenvalue weighted by Gasteiger charge is -2.26. The molecular formula is C28H25FN4O3. The van der Waals surface area contributed by atoms with Gasteiger partial charge in [0.25, 0.3) is 5.91 Å². The fraction of sp³-hybridized carbons (Fsp3) is 0.143. The second kappa shape index (κ2) is 9.95. The lowest BCUT2D eigenvalue weighted by atomic mass is 10.0. The maximum Gasteiger partial charge on any atom is 0.261 e. The molecule has 4 aromatic rings. The number of carbonyl (C=O) groups excluding carboxylic acids is 1. The van der Waals surface area contributed by atoms with Crippen molar-refractivity contribution in [1.29, 1.82) is 0 Å². The fourth-order valence-electron chi connectivity index (χ4n) is 4.16. The van der Waals surface area contributed by atoms with E-state index in [0.717, 1.165) is 11.3 Å². The van der Waals surface area contributed by atoms with Gasteiger partial charge in [-0.05, 0) is 55.5 Å². The number of nitrogens with one attached hydrogen (secondary N) is 2. The average Bonchev–Trinajstić information content (AvgIpc) is 3.34. The van der Waals surface area contributed by atoms with E-state index in [2.05, 4.69) is 15.7 Å². The van der Waals surface area contributed by atoms with Gasteiger partial charge in [-0.15, -0.1) is 0 Å². The summed E-state index contributed by atoms with van der Waals surface area (Å²) in [7, 11) is 1.60. The minimum absolute atomic E-state index is 0.332. The summed E-state index contributed by atoms with van der Waals surface area (Å²) < 4.78 is 27.3. The normalized spacial score (nSPS) is 14.3. The molecule has 182 valence electrons. The summed E-state index contributed by atoms with van der Waals surface area (Å²) in [4.78, 5) is 13.3. The monoisotopic (exact) mass is 484 g/mol. The molecule has 0 saturated heterocycles. The topological polar surface area (TPSA) is 77.4 Å². The Morgan fingerprint density at radius 2 is 1.89 bits per heavy atom. The molecule has 0 spiro atoms. The zero-order valence-corrected chi connectivity index (χ0v) is 19.9. The number of carbonyl (C=O) groups is 1. The van der Waals surface area contributed by atoms with E-state index in [1.807, 2.05) is 37.3 Å². The van der Waals surface area contributed by atoms with Crippen molar-refractivity contribution in [3.63, 3.8) is 0 Å². The number of anilines is 2. The van der Waals surface area contributed by atoms with Crippen molar-refractivity contribution in [2.24, 2.45) is 0 Å². The third kappa shape index (κ3) is 4.53. The second-order valence-electron chi connectivity index (χ2n) is 8.17. The van der Waals surface area contributed by atoms with Crippen LogP contribution in [-0.4, -0.2) is 29.4 Å². The quantitative estimate of drug-likeness (QED) is 0.350. The van der Waals surface area contributed by atoms with Gasteiger partial charge in [0.1, 0.15) is 34.7 Å². The highest BCUT2D eigenvalue weighted by molar-refractivity contribution is 6.08. The summed E-state index contributed by atoms with van der Waals surface area (Å²) in [5.41, 5.74) is 2.95. The van der Waals surface area contributed by atoms with Crippen LogP contribution >= 0.6 is 0 Å². The molecule has 1 aromatic heterocycles. The largest absolute Gasteiger partial charge is 0.497 e. The minimum Gasteiger partial charge on any atom is -0.497 e. The lowest BCUT2D eigenvalue weighted by Crippen LogP contribution is -2.22. The van der Waals surface area contributed by atoms with Crippen molar-refractivity contribution in [3.8, 4) is 11.5 Å². The molecule has 5 rings (SSSR count). The van der Waals surface area contributed by atoms with Gasteiger partial charge in [0.15, 0.2) is 0 Å². The highest BCUT2D eigenvalue weighted by Crippen LogP contribution is 2.37. The molecule has 3 aromatic carbocycles. The van der Waals surface area contributed by atoms with Gasteiger partial charge >= 0.3 is 0 Å². The molecule has 1 atom stereocenters. The SMILES string of the molecule is CCOc1ccc(NC(=O)c2cnn3c2NC(c2cccc(OC)c2)=CC3c2ccccc2F)cc1. The Hall–Kier alpha value is -4.59. The predicted molar refractivity (Wildman–Crippen MR) is 137 cm³/mol. The van der Waals surface area contributed by atoms with Crippen LogP contribution in [0.2, 0.25) is 0 Å². The van der Waals surface area contributed by atoms with Crippen LogP contribution < -0.4 is 20.1 Å². The molecule has 7 nitrogen and oxygen atoms in total. The first-order valence-corrected chi connectivity index (χ1v) is 11.6. The van der Waals surface area contributed by atoms with Crippen LogP contribution in [0.15, 0.2) is 85.1 Å². The molecule has 0 aliphatic carbocycles. The number of aromatic nitrogens is 2. The van der Waals surface area contributed by atoms with Crippen molar-refractivity contribution in [1.82, 2.24) is 9.78 Å². The first-order chi connectivity index (χ1) is 17.6. The number of allylic oxidation sites excluding steroid dienone is 1. The van der Waals surface area contributed by atoms with Crippen LogP contribution in [0.25, 0.3) is 5.70 Å². The molecule has 8 heteroatoms. The maximum absolute atomic E-state index is 14.9. The third-order valence-electron chi connectivity index (χ3n) is 5.91. The first-order valence-electron chi connectivity index (χ1n) is 11.6. The fourth-order valence-corrected chi connectivity index (χ4v) is 4.16. The van der Waals surface area contributed by atoms with E-state index >= 15 is 0 Å². The van der Waals surface area contributed by atoms with Gasteiger partial charge in [-0.25, -0.2) is 9.07 Å². The average molecular weight is 485 g/mol. The summed E-state index contributed by atoms with van der Waals surface area (Å²) >= 11 is 0. The number of methoxy groups -OCH3 is 1. The first kappa shape index (κ1) is 23.2. The van der Waals surface area contributed by atoms with Gasteiger partial charge in [0.05, 0.1) is 19.9 Å². The summed E-state index contributed by atoms with van der Waals surface area (Å²) in [6.45, 7) is 2.47. The van der Waals surface area contributed by atoms with Gasteiger partial charge in [-0.3, -0.25) is 4.79 Å². The van der Waals surface area contributed by atoms with Crippen molar-refractivity contribution in [2.75, 3.05) is 24.4 Å². The summed E-state index contributed by atoms with van der Waals surface area (Å²) in [6.07, 6.45) is 3.38. The molecule has 1 aliphatic heterocycles. The summed E-state index contributed by atoms with van der Waals surface area (Å²) in [5.74, 6) is 1.18. The van der Waals surface area contributed by atoms with Crippen LogP contribution in [0.3, 0.4) is 0 Å². The molecule has 0 saturated carbocycles. The third-order valence-corrected chi connectivity index (χ3v) is 5.91. The zero-order chi connectivity index (χ0) is 25.1. The number of rotatable bonds is 7. The van der Waals surface area contributed by atoms with Crippen molar-refractivity contribution in [3.05, 3.63) is 108 Å². The predicted octanol–water partition coefficient (Wildman–Crippen LogP) is 5.74. The minimum atomic E-state index is -0.560. The van der Waals surface area contributed by atoms with Crippen LogP contribution in [-0.2, 0) is 0 Å². The van der Waals surface area contributed by atoms with Crippen LogP contribution in [0.1, 0.15) is 34.5 Å². The lowest BCUT2D eigenvalue weighted by molar-refractivity contribution is 0.102. The highest BCUT2D eigenvalue weighted by atomic mass is 19.1. The van der Waals surface area contributed by atoms with E-state index < -0.39 is 6.04 Å². The number of nitrogens with zero attached hydrogens (tertiary/aromatic N) is 2. The van der Waals surface area contributed by atoms with Gasteiger partial charge in [-0.1, -0.05) is 30.3 Å². The number of hydrogen-bond acceptors (Lipinski definition) is 5. The van der Waals surface area contributed by atoms with E-state index in [1.54, 1.807) is 54.3 Å². The number of hydrogen-bond donors (Lipinski definition) is 2. The van der Waals surface area contributed by atoms with Crippen molar-refractivity contribution < 1.29 is 18.7 Å². The summed E-state index contributed by atoms with van der Waals surface area (Å²) in [6, 6.07) is 20.7. The van der Waals surface area contributed by atoms with Gasteiger partial charge in [-0.2, -0.15) is 5.10 Å². The molecule has 0 radical (unpaired) electrons. The van der Waals surface area contributed by atoms with Gasteiger partial charge in [0, 0.05) is 22.5 Å². The number of ether oxygens (including phenoxy) is 2. The second-order valence-corrected chi connectivity index (χ2v) is 8.17. The van der Waals surface area contributed by atoms with Crippen LogP contribution in [0.4, 0.5) is 15.9 Å². The van der Waals surface area contributed by atoms with Gasteiger partial charge in [0.2, 0.25) is 0 Å². The molecule has 1 aliphatic rings. The Bertz CT molecular complexity index is 1430. The number of fused-ring (bicyclic) bond motifs is 1. The van der Waals surface area contributed by atoms with Crippen molar-refractivity contribution in [2.45, 2.75) is 13.0 Å². The molecule has 1 unspecified atom stereocenters. The van der Waals surface area contributed by atoms with E-state index in [1.165, 1.54) is 12.3 Å². The standard InChI is InChI=1S/C28H25FN4O3/c1-3-36-20-13-11-19(12-14-20)31-28(34)23-17-30-33-26(22-9-4-5-10-24(22)29)16-25(32-27(23)33)18-7-6-8-21(15-18)35-2/h4-17,26,32H,3H2,1-2H3,(H,31,34). The number of amides is 1. The molecule has 0 bridgehead atoms. The summed E-state index contributed by atoms with van der Waals surface area (Å²) in [5, 5.41) is 10.7. The molecule has 2 heterocycles.